The lowest BCUT2D eigenvalue weighted by Gasteiger charge is -2.15. The molecule has 0 bridgehead atoms. The van der Waals surface area contributed by atoms with Gasteiger partial charge < -0.3 is 5.32 Å². The average Bonchev–Trinajstić information content (AvgIpc) is 2.89. The zero-order valence-corrected chi connectivity index (χ0v) is 10.7. The van der Waals surface area contributed by atoms with Crippen molar-refractivity contribution in [3.63, 3.8) is 0 Å². The normalized spacial score (nSPS) is 26.4. The molecule has 0 spiro atoms. The first kappa shape index (κ1) is 10.8. The van der Waals surface area contributed by atoms with Crippen LogP contribution in [0.25, 0.3) is 0 Å². The molecule has 0 radical (unpaired) electrons. The lowest BCUT2D eigenvalue weighted by atomic mass is 10.2. The van der Waals surface area contributed by atoms with E-state index in [1.807, 2.05) is 11.3 Å². The maximum atomic E-state index is 3.71. The monoisotopic (exact) mass is 236 g/mol. The van der Waals surface area contributed by atoms with Gasteiger partial charge in [-0.15, -0.1) is 11.3 Å². The summed E-state index contributed by atoms with van der Waals surface area (Å²) in [5.41, 5.74) is 1.44. The van der Waals surface area contributed by atoms with Crippen molar-refractivity contribution in [3.05, 3.63) is 21.9 Å². The second-order valence-corrected chi connectivity index (χ2v) is 6.12. The van der Waals surface area contributed by atoms with E-state index < -0.39 is 0 Å². The maximum absolute atomic E-state index is 3.71. The van der Waals surface area contributed by atoms with E-state index in [0.29, 0.717) is 0 Å². The summed E-state index contributed by atoms with van der Waals surface area (Å²) in [7, 11) is 0. The van der Waals surface area contributed by atoms with Crippen LogP contribution in [0.4, 0.5) is 0 Å². The summed E-state index contributed by atoms with van der Waals surface area (Å²) >= 11 is 1.88. The van der Waals surface area contributed by atoms with Crippen LogP contribution >= 0.6 is 11.3 Å². The summed E-state index contributed by atoms with van der Waals surface area (Å²) in [5.74, 6) is 0. The molecule has 0 amide bonds. The van der Waals surface area contributed by atoms with Crippen LogP contribution in [0.1, 0.15) is 29.7 Å². The molecule has 1 aliphatic carbocycles. The zero-order valence-electron chi connectivity index (χ0n) is 9.91. The van der Waals surface area contributed by atoms with Gasteiger partial charge in [0.1, 0.15) is 0 Å². The van der Waals surface area contributed by atoms with Crippen LogP contribution in [0, 0.1) is 6.92 Å². The third kappa shape index (κ3) is 2.31. The fourth-order valence-corrected chi connectivity index (χ4v) is 3.40. The fourth-order valence-electron chi connectivity index (χ4n) is 2.55. The Hall–Kier alpha value is -0.380. The summed E-state index contributed by atoms with van der Waals surface area (Å²) in [6.07, 6.45) is 4.22. The van der Waals surface area contributed by atoms with Crippen LogP contribution in [0.5, 0.6) is 0 Å². The Morgan fingerprint density at radius 2 is 2.31 bits per heavy atom. The molecular weight excluding hydrogens is 216 g/mol. The first-order valence-electron chi connectivity index (χ1n) is 6.33. The fraction of sp³-hybridized carbons (Fsp3) is 0.692. The number of aryl methyl sites for hydroxylation is 1. The Morgan fingerprint density at radius 1 is 1.44 bits per heavy atom. The van der Waals surface area contributed by atoms with E-state index in [0.717, 1.165) is 18.6 Å². The number of hydrogen-bond donors (Lipinski definition) is 1. The predicted molar refractivity (Wildman–Crippen MR) is 68.9 cm³/mol. The number of rotatable bonds is 4. The second kappa shape index (κ2) is 4.47. The van der Waals surface area contributed by atoms with Crippen LogP contribution in [-0.2, 0) is 6.54 Å². The van der Waals surface area contributed by atoms with Gasteiger partial charge >= 0.3 is 0 Å². The molecule has 16 heavy (non-hydrogen) atoms. The minimum atomic E-state index is 0.724. The second-order valence-electron chi connectivity index (χ2n) is 5.12. The van der Waals surface area contributed by atoms with E-state index in [-0.39, 0.29) is 0 Å². The first-order chi connectivity index (χ1) is 7.83. The van der Waals surface area contributed by atoms with E-state index in [9.17, 15) is 0 Å². The Balaban J connectivity index is 1.47. The van der Waals surface area contributed by atoms with Crippen molar-refractivity contribution in [1.82, 2.24) is 10.2 Å². The van der Waals surface area contributed by atoms with Crippen LogP contribution < -0.4 is 5.32 Å². The maximum Gasteiger partial charge on any atom is 0.0305 e. The largest absolute Gasteiger partial charge is 0.308 e. The molecule has 2 nitrogen and oxygen atoms in total. The molecule has 2 aliphatic rings. The lowest BCUT2D eigenvalue weighted by Crippen LogP contribution is -2.32. The van der Waals surface area contributed by atoms with Crippen molar-refractivity contribution in [2.24, 2.45) is 0 Å². The van der Waals surface area contributed by atoms with Gasteiger partial charge in [-0.2, -0.15) is 0 Å². The number of thiophene rings is 1. The van der Waals surface area contributed by atoms with Crippen LogP contribution in [-0.4, -0.2) is 30.1 Å². The van der Waals surface area contributed by atoms with Crippen molar-refractivity contribution in [2.45, 2.75) is 44.8 Å². The van der Waals surface area contributed by atoms with Crippen molar-refractivity contribution >= 4 is 11.3 Å². The Kier molecular flexibility index (Phi) is 3.01. The summed E-state index contributed by atoms with van der Waals surface area (Å²) in [5, 5.41) is 5.90. The first-order valence-corrected chi connectivity index (χ1v) is 7.21. The molecule has 2 fully saturated rings. The molecule has 1 atom stereocenters. The molecular formula is C13H20N2S. The molecule has 1 saturated carbocycles. The van der Waals surface area contributed by atoms with Crippen LogP contribution in [0.3, 0.4) is 0 Å². The van der Waals surface area contributed by atoms with Crippen molar-refractivity contribution in [3.8, 4) is 0 Å². The van der Waals surface area contributed by atoms with E-state index in [1.54, 1.807) is 0 Å². The number of likely N-dealkylation sites (tertiary alicyclic amines) is 1. The summed E-state index contributed by atoms with van der Waals surface area (Å²) in [6.45, 7) is 5.85. The van der Waals surface area contributed by atoms with Gasteiger partial charge in [-0.05, 0) is 43.2 Å². The molecule has 2 heterocycles. The summed E-state index contributed by atoms with van der Waals surface area (Å²) < 4.78 is 0. The van der Waals surface area contributed by atoms with Gasteiger partial charge in [-0.1, -0.05) is 0 Å². The molecule has 1 aliphatic heterocycles. The van der Waals surface area contributed by atoms with Gasteiger partial charge in [0.05, 0.1) is 0 Å². The third-order valence-electron chi connectivity index (χ3n) is 3.80. The Bertz CT molecular complexity index is 357. The van der Waals surface area contributed by atoms with E-state index >= 15 is 0 Å². The third-order valence-corrected chi connectivity index (χ3v) is 4.83. The highest BCUT2D eigenvalue weighted by atomic mass is 32.1. The predicted octanol–water partition coefficient (Wildman–Crippen LogP) is 2.38. The number of hydrogen-bond acceptors (Lipinski definition) is 3. The lowest BCUT2D eigenvalue weighted by molar-refractivity contribution is 0.317. The highest BCUT2D eigenvalue weighted by molar-refractivity contribution is 7.10. The van der Waals surface area contributed by atoms with Crippen LogP contribution in [0.15, 0.2) is 11.4 Å². The average molecular weight is 236 g/mol. The quantitative estimate of drug-likeness (QED) is 0.863. The molecule has 3 rings (SSSR count). The number of nitrogens with one attached hydrogen (secondary N) is 1. The minimum Gasteiger partial charge on any atom is -0.308 e. The molecule has 88 valence electrons. The van der Waals surface area contributed by atoms with Crippen molar-refractivity contribution in [1.29, 1.82) is 0 Å². The van der Waals surface area contributed by atoms with Gasteiger partial charge in [0.25, 0.3) is 0 Å². The molecule has 1 saturated heterocycles. The molecule has 1 N–H and O–H groups in total. The standard InChI is InChI=1S/C13H20N2S/c1-10-5-7-16-13(10)8-14-11-4-6-15(9-11)12-2-3-12/h5,7,11-12,14H,2-4,6,8-9H2,1H3. The zero-order chi connectivity index (χ0) is 11.0. The topological polar surface area (TPSA) is 15.3 Å². The molecule has 1 aromatic heterocycles. The highest BCUT2D eigenvalue weighted by Crippen LogP contribution is 2.29. The van der Waals surface area contributed by atoms with Gasteiger partial charge in [0.2, 0.25) is 0 Å². The molecule has 1 unspecified atom stereocenters. The van der Waals surface area contributed by atoms with E-state index in [4.69, 9.17) is 0 Å². The van der Waals surface area contributed by atoms with Crippen molar-refractivity contribution < 1.29 is 0 Å². The molecule has 3 heteroatoms. The number of nitrogens with zero attached hydrogens (tertiary/aromatic N) is 1. The summed E-state index contributed by atoms with van der Waals surface area (Å²) in [6, 6.07) is 3.88. The highest BCUT2D eigenvalue weighted by Gasteiger charge is 2.34. The van der Waals surface area contributed by atoms with Gasteiger partial charge in [-0.3, -0.25) is 4.90 Å². The Morgan fingerprint density at radius 3 is 3.00 bits per heavy atom. The molecule has 0 aromatic carbocycles. The van der Waals surface area contributed by atoms with E-state index in [1.165, 1.54) is 42.8 Å². The minimum absolute atomic E-state index is 0.724. The Labute approximate surface area is 102 Å². The van der Waals surface area contributed by atoms with Crippen molar-refractivity contribution in [2.75, 3.05) is 13.1 Å². The van der Waals surface area contributed by atoms with E-state index in [2.05, 4.69) is 28.6 Å². The van der Waals surface area contributed by atoms with Gasteiger partial charge in [0, 0.05) is 36.6 Å². The molecule has 1 aromatic rings. The SMILES string of the molecule is Cc1ccsc1CNC1CCN(C2CC2)C1. The smallest absolute Gasteiger partial charge is 0.0305 e. The van der Waals surface area contributed by atoms with Gasteiger partial charge in [0.15, 0.2) is 0 Å². The van der Waals surface area contributed by atoms with Crippen LogP contribution in [0.2, 0.25) is 0 Å². The summed E-state index contributed by atoms with van der Waals surface area (Å²) in [4.78, 5) is 4.17. The van der Waals surface area contributed by atoms with Gasteiger partial charge in [-0.25, -0.2) is 0 Å².